The van der Waals surface area contributed by atoms with Gasteiger partial charge in [0.15, 0.2) is 0 Å². The molecule has 1 amide bonds. The number of carbonyl (C=O) groups is 1. The van der Waals surface area contributed by atoms with Crippen LogP contribution in [0.5, 0.6) is 0 Å². The molecule has 0 aromatic heterocycles. The zero-order valence-corrected chi connectivity index (χ0v) is 14.5. The van der Waals surface area contributed by atoms with Crippen LogP contribution in [0.2, 0.25) is 5.02 Å². The number of amides is 1. The number of rotatable bonds is 5. The van der Waals surface area contributed by atoms with Crippen LogP contribution in [0.3, 0.4) is 0 Å². The van der Waals surface area contributed by atoms with Crippen molar-refractivity contribution in [1.29, 1.82) is 0 Å². The molecule has 1 heterocycles. The van der Waals surface area contributed by atoms with Crippen LogP contribution in [0.1, 0.15) is 28.8 Å². The maximum absolute atomic E-state index is 12.2. The lowest BCUT2D eigenvalue weighted by molar-refractivity contribution is 0.0911. The van der Waals surface area contributed by atoms with Gasteiger partial charge < -0.3 is 10.2 Å². The van der Waals surface area contributed by atoms with E-state index in [1.165, 1.54) is 5.56 Å². The molecule has 3 rings (SSSR count). The van der Waals surface area contributed by atoms with Crippen LogP contribution >= 0.6 is 11.6 Å². The zero-order valence-electron chi connectivity index (χ0n) is 13.7. The highest BCUT2D eigenvalue weighted by atomic mass is 35.5. The van der Waals surface area contributed by atoms with Gasteiger partial charge in [-0.2, -0.15) is 0 Å². The Hall–Kier alpha value is -1.84. The molecule has 0 unspecified atom stereocenters. The van der Waals surface area contributed by atoms with Gasteiger partial charge in [-0.25, -0.2) is 0 Å². The van der Waals surface area contributed by atoms with Gasteiger partial charge in [-0.15, -0.1) is 0 Å². The molecule has 0 atom stereocenters. The van der Waals surface area contributed by atoms with E-state index in [1.54, 1.807) is 0 Å². The quantitative estimate of drug-likeness (QED) is 0.897. The van der Waals surface area contributed by atoms with Crippen molar-refractivity contribution in [1.82, 2.24) is 10.2 Å². The van der Waals surface area contributed by atoms with Crippen LogP contribution in [-0.4, -0.2) is 36.5 Å². The minimum Gasteiger partial charge on any atom is -0.349 e. The van der Waals surface area contributed by atoms with Crippen molar-refractivity contribution in [3.8, 4) is 0 Å². The molecule has 0 spiro atoms. The normalized spacial score (nSPS) is 16.0. The average molecular weight is 343 g/mol. The molecule has 1 aliphatic heterocycles. The largest absolute Gasteiger partial charge is 0.349 e. The number of piperidine rings is 1. The summed E-state index contributed by atoms with van der Waals surface area (Å²) < 4.78 is 0. The van der Waals surface area contributed by atoms with Crippen LogP contribution in [0.25, 0.3) is 0 Å². The second-order valence-electron chi connectivity index (χ2n) is 6.33. The first kappa shape index (κ1) is 17.0. The highest BCUT2D eigenvalue weighted by molar-refractivity contribution is 6.30. The van der Waals surface area contributed by atoms with Gasteiger partial charge in [-0.05, 0) is 49.1 Å². The fraction of sp³-hybridized carbons (Fsp3) is 0.350. The van der Waals surface area contributed by atoms with E-state index in [4.69, 9.17) is 11.6 Å². The molecule has 2 aromatic rings. The lowest BCUT2D eigenvalue weighted by Crippen LogP contribution is -2.45. The van der Waals surface area contributed by atoms with Gasteiger partial charge in [0.1, 0.15) is 0 Å². The fourth-order valence-electron chi connectivity index (χ4n) is 3.10. The Labute approximate surface area is 148 Å². The lowest BCUT2D eigenvalue weighted by Gasteiger charge is -2.32. The Balaban J connectivity index is 1.41. The Morgan fingerprint density at radius 1 is 1.04 bits per heavy atom. The molecule has 3 nitrogen and oxygen atoms in total. The van der Waals surface area contributed by atoms with Crippen LogP contribution in [0.4, 0.5) is 0 Å². The second-order valence-corrected chi connectivity index (χ2v) is 6.77. The maximum Gasteiger partial charge on any atom is 0.251 e. The molecule has 4 heteroatoms. The topological polar surface area (TPSA) is 32.3 Å². The third-order valence-corrected chi connectivity index (χ3v) is 4.84. The number of halogens is 1. The molecule has 1 fully saturated rings. The summed E-state index contributed by atoms with van der Waals surface area (Å²) in [4.78, 5) is 14.7. The second kappa shape index (κ2) is 8.32. The Kier molecular flexibility index (Phi) is 5.89. The van der Waals surface area contributed by atoms with E-state index in [-0.39, 0.29) is 11.9 Å². The van der Waals surface area contributed by atoms with Crippen molar-refractivity contribution >= 4 is 17.5 Å². The molecular weight excluding hydrogens is 320 g/mol. The summed E-state index contributed by atoms with van der Waals surface area (Å²) in [5.74, 6) is 0.0372. The summed E-state index contributed by atoms with van der Waals surface area (Å²) in [5.41, 5.74) is 2.06. The highest BCUT2D eigenvalue weighted by Gasteiger charge is 2.20. The molecule has 24 heavy (non-hydrogen) atoms. The van der Waals surface area contributed by atoms with Gasteiger partial charge in [-0.3, -0.25) is 4.79 Å². The molecule has 1 saturated heterocycles. The van der Waals surface area contributed by atoms with Crippen LogP contribution in [0.15, 0.2) is 54.6 Å². The predicted molar refractivity (Wildman–Crippen MR) is 98.5 cm³/mol. The summed E-state index contributed by atoms with van der Waals surface area (Å²) in [5, 5.41) is 3.94. The molecule has 126 valence electrons. The van der Waals surface area contributed by atoms with Crippen molar-refractivity contribution in [2.24, 2.45) is 0 Å². The van der Waals surface area contributed by atoms with Gasteiger partial charge in [0.2, 0.25) is 0 Å². The summed E-state index contributed by atoms with van der Waals surface area (Å²) >= 11 is 5.92. The molecule has 0 saturated carbocycles. The summed E-state index contributed by atoms with van der Waals surface area (Å²) in [6, 6.07) is 17.8. The van der Waals surface area contributed by atoms with Crippen molar-refractivity contribution < 1.29 is 4.79 Å². The number of carbonyl (C=O) groups excluding carboxylic acids is 1. The molecule has 1 aliphatic rings. The number of nitrogens with zero attached hydrogens (tertiary/aromatic N) is 1. The van der Waals surface area contributed by atoms with Crippen molar-refractivity contribution in [2.75, 3.05) is 19.6 Å². The molecule has 2 aromatic carbocycles. The smallest absolute Gasteiger partial charge is 0.251 e. The maximum atomic E-state index is 12.2. The molecule has 1 N–H and O–H groups in total. The van der Waals surface area contributed by atoms with Gasteiger partial charge in [0.05, 0.1) is 0 Å². The molecule has 0 bridgehead atoms. The van der Waals surface area contributed by atoms with Gasteiger partial charge in [0, 0.05) is 36.3 Å². The summed E-state index contributed by atoms with van der Waals surface area (Å²) in [6.45, 7) is 3.13. The van der Waals surface area contributed by atoms with E-state index in [0.717, 1.165) is 49.5 Å². The first-order valence-electron chi connectivity index (χ1n) is 8.53. The van der Waals surface area contributed by atoms with Crippen LogP contribution in [0, 0.1) is 0 Å². The summed E-state index contributed by atoms with van der Waals surface area (Å²) in [6.07, 6.45) is 3.07. The van der Waals surface area contributed by atoms with E-state index in [0.29, 0.717) is 0 Å². The van der Waals surface area contributed by atoms with Crippen molar-refractivity contribution in [3.63, 3.8) is 0 Å². The monoisotopic (exact) mass is 342 g/mol. The molecular formula is C20H23ClN2O. The van der Waals surface area contributed by atoms with Crippen molar-refractivity contribution in [3.05, 3.63) is 70.7 Å². The average Bonchev–Trinajstić information content (AvgIpc) is 2.63. The van der Waals surface area contributed by atoms with Gasteiger partial charge >= 0.3 is 0 Å². The molecule has 0 radical (unpaired) electrons. The van der Waals surface area contributed by atoms with Gasteiger partial charge in [0.25, 0.3) is 5.91 Å². The first-order chi connectivity index (χ1) is 11.7. The fourth-order valence-corrected chi connectivity index (χ4v) is 3.22. The van der Waals surface area contributed by atoms with E-state index in [2.05, 4.69) is 22.3 Å². The number of hydrogen-bond donors (Lipinski definition) is 1. The third-order valence-electron chi connectivity index (χ3n) is 4.59. The molecule has 0 aliphatic carbocycles. The minimum atomic E-state index is 0.0372. The van der Waals surface area contributed by atoms with Crippen LogP contribution < -0.4 is 5.32 Å². The standard InChI is InChI=1S/C20H23ClN2O/c21-18-8-6-16(7-9-18)10-13-23-14-11-19(12-15-23)22-20(24)17-4-2-1-3-5-17/h1-9,19H,10-15H2,(H,22,24). The van der Waals surface area contributed by atoms with E-state index < -0.39 is 0 Å². The van der Waals surface area contributed by atoms with E-state index in [9.17, 15) is 4.79 Å². The Bertz CT molecular complexity index is 649. The predicted octanol–water partition coefficient (Wildman–Crippen LogP) is 3.78. The Morgan fingerprint density at radius 3 is 2.38 bits per heavy atom. The third kappa shape index (κ3) is 4.83. The SMILES string of the molecule is O=C(NC1CCN(CCc2ccc(Cl)cc2)CC1)c1ccccc1. The van der Waals surface area contributed by atoms with E-state index in [1.807, 2.05) is 42.5 Å². The van der Waals surface area contributed by atoms with Gasteiger partial charge in [-0.1, -0.05) is 41.9 Å². The number of nitrogens with one attached hydrogen (secondary N) is 1. The lowest BCUT2D eigenvalue weighted by atomic mass is 10.0. The first-order valence-corrected chi connectivity index (χ1v) is 8.91. The van der Waals surface area contributed by atoms with Crippen molar-refractivity contribution in [2.45, 2.75) is 25.3 Å². The minimum absolute atomic E-state index is 0.0372. The number of benzene rings is 2. The summed E-state index contributed by atoms with van der Waals surface area (Å²) in [7, 11) is 0. The zero-order chi connectivity index (χ0) is 16.8. The van der Waals surface area contributed by atoms with E-state index >= 15 is 0 Å². The number of likely N-dealkylation sites (tertiary alicyclic amines) is 1. The highest BCUT2D eigenvalue weighted by Crippen LogP contribution is 2.14. The van der Waals surface area contributed by atoms with Crippen LogP contribution in [-0.2, 0) is 6.42 Å². The Morgan fingerprint density at radius 2 is 1.71 bits per heavy atom. The number of hydrogen-bond acceptors (Lipinski definition) is 2.